The molecule has 7 heteroatoms. The number of carbonyl (C=O) groups is 3. The van der Waals surface area contributed by atoms with Gasteiger partial charge in [-0.15, -0.1) is 0 Å². The molecule has 7 nitrogen and oxygen atoms in total. The smallest absolute Gasteiger partial charge is 0.267 e. The first-order chi connectivity index (χ1) is 10.6. The highest BCUT2D eigenvalue weighted by atomic mass is 16.2. The van der Waals surface area contributed by atoms with Crippen molar-refractivity contribution in [3.8, 4) is 0 Å². The van der Waals surface area contributed by atoms with E-state index in [2.05, 4.69) is 15.7 Å². The molecule has 2 aliphatic rings. The van der Waals surface area contributed by atoms with Crippen molar-refractivity contribution in [2.45, 2.75) is 57.4 Å². The predicted octanol–water partition coefficient (Wildman–Crippen LogP) is 0.550. The Morgan fingerprint density at radius 1 is 1.23 bits per heavy atom. The van der Waals surface area contributed by atoms with Crippen molar-refractivity contribution in [1.29, 1.82) is 0 Å². The number of hydrogen-bond donors (Lipinski definition) is 2. The van der Waals surface area contributed by atoms with Crippen LogP contribution in [0.2, 0.25) is 0 Å². The van der Waals surface area contributed by atoms with Gasteiger partial charge in [0.1, 0.15) is 5.71 Å². The molecule has 0 aromatic rings. The zero-order valence-corrected chi connectivity index (χ0v) is 13.1. The summed E-state index contributed by atoms with van der Waals surface area (Å²) >= 11 is 0. The van der Waals surface area contributed by atoms with E-state index in [1.54, 1.807) is 0 Å². The van der Waals surface area contributed by atoms with E-state index < -0.39 is 0 Å². The molecule has 0 saturated heterocycles. The van der Waals surface area contributed by atoms with E-state index in [1.807, 2.05) is 0 Å². The zero-order valence-electron chi connectivity index (χ0n) is 13.1. The number of nitrogens with one attached hydrogen (secondary N) is 2. The molecule has 2 rings (SSSR count). The van der Waals surface area contributed by atoms with Crippen LogP contribution in [0.25, 0.3) is 0 Å². The molecule has 0 aromatic heterocycles. The van der Waals surface area contributed by atoms with Gasteiger partial charge >= 0.3 is 0 Å². The largest absolute Gasteiger partial charge is 0.353 e. The van der Waals surface area contributed by atoms with Crippen LogP contribution in [0, 0.1) is 0 Å². The monoisotopic (exact) mass is 308 g/mol. The van der Waals surface area contributed by atoms with Gasteiger partial charge < -0.3 is 10.6 Å². The van der Waals surface area contributed by atoms with Crippen LogP contribution in [0.1, 0.15) is 51.4 Å². The molecular formula is C15H24N4O3. The molecule has 1 saturated carbocycles. The summed E-state index contributed by atoms with van der Waals surface area (Å²) in [7, 11) is 1.53. The highest BCUT2D eigenvalue weighted by molar-refractivity contribution is 6.39. The fourth-order valence-corrected chi connectivity index (χ4v) is 2.77. The minimum Gasteiger partial charge on any atom is -0.353 e. The Morgan fingerprint density at radius 3 is 2.64 bits per heavy atom. The van der Waals surface area contributed by atoms with Gasteiger partial charge in [-0.1, -0.05) is 19.3 Å². The third kappa shape index (κ3) is 4.82. The molecule has 1 aliphatic heterocycles. The maximum atomic E-state index is 11.9. The van der Waals surface area contributed by atoms with Gasteiger partial charge in [0.15, 0.2) is 0 Å². The van der Waals surface area contributed by atoms with Crippen LogP contribution in [0.4, 0.5) is 0 Å². The average Bonchev–Trinajstić information content (AvgIpc) is 2.51. The molecule has 0 bridgehead atoms. The lowest BCUT2D eigenvalue weighted by atomic mass is 9.95. The first-order valence-electron chi connectivity index (χ1n) is 7.98. The van der Waals surface area contributed by atoms with Crippen molar-refractivity contribution >= 4 is 23.4 Å². The number of amides is 3. The Kier molecular flexibility index (Phi) is 5.91. The van der Waals surface area contributed by atoms with Crippen LogP contribution >= 0.6 is 0 Å². The second kappa shape index (κ2) is 7.91. The molecular weight excluding hydrogens is 284 g/mol. The third-order valence-electron chi connectivity index (χ3n) is 4.08. The first-order valence-corrected chi connectivity index (χ1v) is 7.98. The second-order valence-corrected chi connectivity index (χ2v) is 5.87. The summed E-state index contributed by atoms with van der Waals surface area (Å²) in [5, 5.41) is 10.8. The van der Waals surface area contributed by atoms with Crippen LogP contribution in [0.15, 0.2) is 5.10 Å². The Morgan fingerprint density at radius 2 is 1.95 bits per heavy atom. The summed E-state index contributed by atoms with van der Waals surface area (Å²) in [5.41, 5.74) is 0.342. The highest BCUT2D eigenvalue weighted by Gasteiger charge is 2.22. The summed E-state index contributed by atoms with van der Waals surface area (Å²) in [6.07, 6.45) is 6.62. The SMILES string of the molecule is CN1N=C(C(=O)NCCC(=O)NC2CCCCC2)CCC1=O. The van der Waals surface area contributed by atoms with Crippen LogP contribution in [0.5, 0.6) is 0 Å². The number of hydrogen-bond acceptors (Lipinski definition) is 4. The molecule has 1 heterocycles. The highest BCUT2D eigenvalue weighted by Crippen LogP contribution is 2.17. The molecule has 0 atom stereocenters. The van der Waals surface area contributed by atoms with Gasteiger partial charge in [-0.2, -0.15) is 5.10 Å². The Balaban J connectivity index is 1.67. The van der Waals surface area contributed by atoms with Crippen molar-refractivity contribution in [3.05, 3.63) is 0 Å². The van der Waals surface area contributed by atoms with Crippen LogP contribution in [-0.2, 0) is 14.4 Å². The summed E-state index contributed by atoms with van der Waals surface area (Å²) in [5.74, 6) is -0.418. The van der Waals surface area contributed by atoms with E-state index in [4.69, 9.17) is 0 Å². The first kappa shape index (κ1) is 16.5. The molecule has 0 unspecified atom stereocenters. The van der Waals surface area contributed by atoms with E-state index in [0.717, 1.165) is 12.8 Å². The lowest BCUT2D eigenvalue weighted by Crippen LogP contribution is -2.40. The Hall–Kier alpha value is -1.92. The lowest BCUT2D eigenvalue weighted by Gasteiger charge is -2.22. The number of rotatable bonds is 5. The summed E-state index contributed by atoms with van der Waals surface area (Å²) in [6, 6.07) is 0.291. The Labute approximate surface area is 130 Å². The quantitative estimate of drug-likeness (QED) is 0.777. The molecule has 0 radical (unpaired) electrons. The van der Waals surface area contributed by atoms with Crippen molar-refractivity contribution in [2.75, 3.05) is 13.6 Å². The Bertz CT molecular complexity index is 469. The molecule has 1 aliphatic carbocycles. The molecule has 0 aromatic carbocycles. The van der Waals surface area contributed by atoms with Crippen molar-refractivity contribution in [1.82, 2.24) is 15.6 Å². The van der Waals surface area contributed by atoms with Gasteiger partial charge in [-0.05, 0) is 12.8 Å². The minimum atomic E-state index is -0.301. The summed E-state index contributed by atoms with van der Waals surface area (Å²) in [6.45, 7) is 0.286. The fraction of sp³-hybridized carbons (Fsp3) is 0.733. The third-order valence-corrected chi connectivity index (χ3v) is 4.08. The van der Waals surface area contributed by atoms with Crippen LogP contribution < -0.4 is 10.6 Å². The molecule has 2 N–H and O–H groups in total. The van der Waals surface area contributed by atoms with Crippen LogP contribution in [0.3, 0.4) is 0 Å². The molecule has 122 valence electrons. The van der Waals surface area contributed by atoms with Crippen molar-refractivity contribution in [2.24, 2.45) is 5.10 Å². The summed E-state index contributed by atoms with van der Waals surface area (Å²) in [4.78, 5) is 35.0. The van der Waals surface area contributed by atoms with Crippen molar-refractivity contribution < 1.29 is 14.4 Å². The molecule has 22 heavy (non-hydrogen) atoms. The minimum absolute atomic E-state index is 0.0231. The van der Waals surface area contributed by atoms with Gasteiger partial charge in [-0.3, -0.25) is 14.4 Å². The number of nitrogens with zero attached hydrogens (tertiary/aromatic N) is 2. The van der Waals surface area contributed by atoms with Gasteiger partial charge in [0, 0.05) is 38.9 Å². The van der Waals surface area contributed by atoms with Gasteiger partial charge in [0.05, 0.1) is 0 Å². The predicted molar refractivity (Wildman–Crippen MR) is 82.1 cm³/mol. The van der Waals surface area contributed by atoms with E-state index >= 15 is 0 Å². The maximum absolute atomic E-state index is 11.9. The van der Waals surface area contributed by atoms with Gasteiger partial charge in [0.2, 0.25) is 11.8 Å². The molecule has 3 amide bonds. The van der Waals surface area contributed by atoms with Gasteiger partial charge in [0.25, 0.3) is 5.91 Å². The zero-order chi connectivity index (χ0) is 15.9. The fourth-order valence-electron chi connectivity index (χ4n) is 2.77. The van der Waals surface area contributed by atoms with E-state index in [0.29, 0.717) is 24.6 Å². The molecule has 1 fully saturated rings. The lowest BCUT2D eigenvalue weighted by molar-refractivity contribution is -0.130. The maximum Gasteiger partial charge on any atom is 0.267 e. The van der Waals surface area contributed by atoms with Gasteiger partial charge in [-0.25, -0.2) is 5.01 Å². The summed E-state index contributed by atoms with van der Waals surface area (Å²) < 4.78 is 0. The standard InChI is InChI=1S/C15H24N4O3/c1-19-14(21)8-7-12(18-19)15(22)16-10-9-13(20)17-11-5-3-2-4-6-11/h11H,2-10H2,1H3,(H,16,22)(H,17,20). The van der Waals surface area contributed by atoms with E-state index in [1.165, 1.54) is 31.3 Å². The number of hydrazone groups is 1. The van der Waals surface area contributed by atoms with Crippen molar-refractivity contribution in [3.63, 3.8) is 0 Å². The van der Waals surface area contributed by atoms with E-state index in [9.17, 15) is 14.4 Å². The van der Waals surface area contributed by atoms with E-state index in [-0.39, 0.29) is 30.7 Å². The molecule has 0 spiro atoms. The second-order valence-electron chi connectivity index (χ2n) is 5.87. The number of carbonyl (C=O) groups excluding carboxylic acids is 3. The van der Waals surface area contributed by atoms with Crippen LogP contribution in [-0.4, -0.2) is 48.1 Å². The average molecular weight is 308 g/mol. The topological polar surface area (TPSA) is 90.9 Å². The normalized spacial score (nSPS) is 19.6.